The van der Waals surface area contributed by atoms with Gasteiger partial charge in [0.05, 0.1) is 5.69 Å². The molecule has 1 aliphatic rings. The van der Waals surface area contributed by atoms with Crippen molar-refractivity contribution in [2.75, 3.05) is 26.2 Å². The van der Waals surface area contributed by atoms with Gasteiger partial charge in [-0.15, -0.1) is 0 Å². The molecule has 0 spiro atoms. The van der Waals surface area contributed by atoms with Crippen molar-refractivity contribution in [1.82, 2.24) is 24.8 Å². The molecule has 9 heteroatoms. The normalized spacial score (nSPS) is 14.6. The number of hydrogen-bond acceptors (Lipinski definition) is 6. The molecular weight excluding hydrogens is 358 g/mol. The topological polar surface area (TPSA) is 92.5 Å². The SMILES string of the molecule is O=C(Oc1c2nccnc2c(O)n1-c1ccc(Cl)cc1)N1CCNCC1. The molecule has 1 saturated heterocycles. The standard InChI is InChI=1S/C17H16ClN5O3/c18-11-1-3-12(4-2-11)23-15(24)13-14(21-6-5-20-13)16(23)26-17(25)22-9-7-19-8-10-22/h1-6,19,24H,7-10H2. The molecule has 1 aliphatic heterocycles. The fraction of sp³-hybridized carbons (Fsp3) is 0.235. The molecule has 1 aromatic carbocycles. The van der Waals surface area contributed by atoms with Crippen LogP contribution in [0.4, 0.5) is 4.79 Å². The van der Waals surface area contributed by atoms with Gasteiger partial charge in [0.2, 0.25) is 11.8 Å². The van der Waals surface area contributed by atoms with E-state index in [1.165, 1.54) is 17.0 Å². The summed E-state index contributed by atoms with van der Waals surface area (Å²) < 4.78 is 7.03. The lowest BCUT2D eigenvalue weighted by Crippen LogP contribution is -2.47. The number of carbonyl (C=O) groups excluding carboxylic acids is 1. The summed E-state index contributed by atoms with van der Waals surface area (Å²) in [7, 11) is 0. The number of nitrogens with one attached hydrogen (secondary N) is 1. The van der Waals surface area contributed by atoms with E-state index in [0.717, 1.165) is 0 Å². The van der Waals surface area contributed by atoms with Gasteiger partial charge in [-0.3, -0.25) is 0 Å². The molecule has 4 rings (SSSR count). The summed E-state index contributed by atoms with van der Waals surface area (Å²) in [4.78, 5) is 22.6. The zero-order valence-corrected chi connectivity index (χ0v) is 14.5. The summed E-state index contributed by atoms with van der Waals surface area (Å²) in [5, 5.41) is 14.4. The van der Waals surface area contributed by atoms with E-state index in [-0.39, 0.29) is 17.3 Å². The second-order valence-electron chi connectivity index (χ2n) is 5.80. The highest BCUT2D eigenvalue weighted by atomic mass is 35.5. The monoisotopic (exact) mass is 373 g/mol. The van der Waals surface area contributed by atoms with Crippen LogP contribution in [0.25, 0.3) is 16.7 Å². The van der Waals surface area contributed by atoms with Gasteiger partial charge in [-0.05, 0) is 24.3 Å². The van der Waals surface area contributed by atoms with Crippen molar-refractivity contribution >= 4 is 28.7 Å². The van der Waals surface area contributed by atoms with E-state index in [4.69, 9.17) is 16.3 Å². The number of fused-ring (bicyclic) bond motifs is 1. The lowest BCUT2D eigenvalue weighted by atomic mass is 10.3. The third-order valence-electron chi connectivity index (χ3n) is 4.17. The van der Waals surface area contributed by atoms with Crippen molar-refractivity contribution in [2.45, 2.75) is 0 Å². The molecule has 1 fully saturated rings. The van der Waals surface area contributed by atoms with Crippen molar-refractivity contribution in [3.8, 4) is 17.4 Å². The summed E-state index contributed by atoms with van der Waals surface area (Å²) in [6.07, 6.45) is 2.46. The molecule has 0 atom stereocenters. The minimum Gasteiger partial charge on any atom is -0.493 e. The highest BCUT2D eigenvalue weighted by Crippen LogP contribution is 2.37. The number of carbonyl (C=O) groups is 1. The fourth-order valence-electron chi connectivity index (χ4n) is 2.88. The molecule has 0 saturated carbocycles. The number of ether oxygens (including phenoxy) is 1. The first kappa shape index (κ1) is 16.6. The summed E-state index contributed by atoms with van der Waals surface area (Å²) in [5.74, 6) is -0.0324. The van der Waals surface area contributed by atoms with Gasteiger partial charge in [0.1, 0.15) is 0 Å². The van der Waals surface area contributed by atoms with Crippen LogP contribution in [0.2, 0.25) is 5.02 Å². The Balaban J connectivity index is 1.80. The van der Waals surface area contributed by atoms with Crippen LogP contribution in [-0.4, -0.2) is 56.8 Å². The van der Waals surface area contributed by atoms with Crippen LogP contribution in [0.1, 0.15) is 0 Å². The number of halogens is 1. The zero-order valence-electron chi connectivity index (χ0n) is 13.7. The molecule has 1 amide bonds. The van der Waals surface area contributed by atoms with E-state index in [0.29, 0.717) is 42.4 Å². The Hall–Kier alpha value is -2.84. The Labute approximate surface area is 154 Å². The maximum atomic E-state index is 12.6. The quantitative estimate of drug-likeness (QED) is 0.715. The first-order valence-electron chi connectivity index (χ1n) is 8.13. The predicted octanol–water partition coefficient (Wildman–Crippen LogP) is 2.18. The van der Waals surface area contributed by atoms with E-state index in [9.17, 15) is 9.90 Å². The van der Waals surface area contributed by atoms with Gasteiger partial charge in [0, 0.05) is 43.6 Å². The van der Waals surface area contributed by atoms with Gasteiger partial charge >= 0.3 is 6.09 Å². The number of aromatic hydroxyl groups is 1. The Morgan fingerprint density at radius 1 is 1.12 bits per heavy atom. The van der Waals surface area contributed by atoms with Crippen LogP contribution in [0.3, 0.4) is 0 Å². The first-order valence-corrected chi connectivity index (χ1v) is 8.51. The largest absolute Gasteiger partial charge is 0.493 e. The number of nitrogens with zero attached hydrogens (tertiary/aromatic N) is 4. The second-order valence-corrected chi connectivity index (χ2v) is 6.24. The van der Waals surface area contributed by atoms with Crippen molar-refractivity contribution < 1.29 is 14.6 Å². The predicted molar refractivity (Wildman–Crippen MR) is 96.0 cm³/mol. The lowest BCUT2D eigenvalue weighted by molar-refractivity contribution is 0.143. The van der Waals surface area contributed by atoms with Gasteiger partial charge < -0.3 is 20.1 Å². The van der Waals surface area contributed by atoms with Crippen LogP contribution >= 0.6 is 11.6 Å². The average molecular weight is 374 g/mol. The molecule has 3 aromatic rings. The minimum absolute atomic E-state index is 0.122. The summed E-state index contributed by atoms with van der Waals surface area (Å²) >= 11 is 5.95. The van der Waals surface area contributed by atoms with E-state index in [1.807, 2.05) is 0 Å². The maximum Gasteiger partial charge on any atom is 0.416 e. The van der Waals surface area contributed by atoms with Crippen LogP contribution in [0.15, 0.2) is 36.7 Å². The fourth-order valence-corrected chi connectivity index (χ4v) is 3.01. The van der Waals surface area contributed by atoms with Gasteiger partial charge in [-0.1, -0.05) is 11.6 Å². The van der Waals surface area contributed by atoms with Gasteiger partial charge in [0.15, 0.2) is 11.0 Å². The van der Waals surface area contributed by atoms with Crippen LogP contribution < -0.4 is 10.1 Å². The Morgan fingerprint density at radius 3 is 2.46 bits per heavy atom. The van der Waals surface area contributed by atoms with Gasteiger partial charge in [-0.25, -0.2) is 19.3 Å². The number of aromatic nitrogens is 3. The van der Waals surface area contributed by atoms with Crippen LogP contribution in [-0.2, 0) is 0 Å². The molecule has 8 nitrogen and oxygen atoms in total. The van der Waals surface area contributed by atoms with E-state index < -0.39 is 6.09 Å². The molecule has 2 N–H and O–H groups in total. The van der Waals surface area contributed by atoms with E-state index >= 15 is 0 Å². The Kier molecular flexibility index (Phi) is 4.36. The second kappa shape index (κ2) is 6.81. The summed E-state index contributed by atoms with van der Waals surface area (Å²) in [5.41, 5.74) is 1.14. The van der Waals surface area contributed by atoms with Crippen molar-refractivity contribution in [2.24, 2.45) is 0 Å². The summed E-state index contributed by atoms with van der Waals surface area (Å²) in [6, 6.07) is 6.79. The highest BCUT2D eigenvalue weighted by molar-refractivity contribution is 6.30. The molecule has 0 unspecified atom stereocenters. The first-order chi connectivity index (χ1) is 12.6. The maximum absolute atomic E-state index is 12.6. The molecule has 26 heavy (non-hydrogen) atoms. The number of amides is 1. The molecule has 0 aliphatic carbocycles. The van der Waals surface area contributed by atoms with Crippen molar-refractivity contribution in [3.63, 3.8) is 0 Å². The summed E-state index contributed by atoms with van der Waals surface area (Å²) in [6.45, 7) is 2.52. The van der Waals surface area contributed by atoms with Crippen LogP contribution in [0, 0.1) is 0 Å². The van der Waals surface area contributed by atoms with Crippen LogP contribution in [0.5, 0.6) is 11.8 Å². The zero-order chi connectivity index (χ0) is 18.1. The Morgan fingerprint density at radius 2 is 1.77 bits per heavy atom. The molecule has 134 valence electrons. The highest BCUT2D eigenvalue weighted by Gasteiger charge is 2.26. The number of piperazine rings is 1. The number of benzene rings is 1. The molecule has 3 heterocycles. The minimum atomic E-state index is -0.494. The molecule has 0 bridgehead atoms. The van der Waals surface area contributed by atoms with Crippen molar-refractivity contribution in [1.29, 1.82) is 0 Å². The lowest BCUT2D eigenvalue weighted by Gasteiger charge is -2.26. The van der Waals surface area contributed by atoms with Crippen molar-refractivity contribution in [3.05, 3.63) is 41.7 Å². The van der Waals surface area contributed by atoms with E-state index in [1.54, 1.807) is 29.2 Å². The van der Waals surface area contributed by atoms with Gasteiger partial charge in [0.25, 0.3) is 0 Å². The average Bonchev–Trinajstić information content (AvgIpc) is 2.95. The Bertz CT molecular complexity index is 951. The molecule has 2 aromatic heterocycles. The smallest absolute Gasteiger partial charge is 0.416 e. The van der Waals surface area contributed by atoms with Gasteiger partial charge in [-0.2, -0.15) is 0 Å². The third kappa shape index (κ3) is 2.93. The van der Waals surface area contributed by atoms with E-state index in [2.05, 4.69) is 15.3 Å². The molecule has 0 radical (unpaired) electrons. The number of hydrogen-bond donors (Lipinski definition) is 2. The molecular formula is C17H16ClN5O3. The third-order valence-corrected chi connectivity index (χ3v) is 4.42. The number of rotatable bonds is 2.